The Labute approximate surface area is 131 Å². The van der Waals surface area contributed by atoms with E-state index in [1.165, 1.54) is 0 Å². The monoisotopic (exact) mass is 329 g/mol. The molecule has 0 heterocycles. The molecule has 20 heavy (non-hydrogen) atoms. The summed E-state index contributed by atoms with van der Waals surface area (Å²) in [5, 5.41) is 12.6. The van der Waals surface area contributed by atoms with Crippen molar-refractivity contribution in [2.75, 3.05) is 11.9 Å². The number of anilines is 1. The zero-order valence-electron chi connectivity index (χ0n) is 10.2. The van der Waals surface area contributed by atoms with Crippen molar-refractivity contribution in [3.63, 3.8) is 0 Å². The van der Waals surface area contributed by atoms with Crippen molar-refractivity contribution in [2.24, 2.45) is 0 Å². The second-order valence-corrected chi connectivity index (χ2v) is 5.28. The quantitative estimate of drug-likeness (QED) is 0.884. The standard InChI is InChI=1S/C14H10Cl3NO2/c15-9-5-11(16)14(12(17)6-9)8-1-3-10(4-2-8)18-13(20)7-19/h1-6,19H,7H2,(H,18,20). The Kier molecular flexibility index (Phi) is 4.89. The fourth-order valence-corrected chi connectivity index (χ4v) is 2.77. The molecular formula is C14H10Cl3NO2. The lowest BCUT2D eigenvalue weighted by atomic mass is 10.1. The van der Waals surface area contributed by atoms with Crippen LogP contribution in [0.4, 0.5) is 5.69 Å². The molecule has 0 fully saturated rings. The lowest BCUT2D eigenvalue weighted by Gasteiger charge is -2.09. The zero-order valence-corrected chi connectivity index (χ0v) is 12.4. The van der Waals surface area contributed by atoms with E-state index < -0.39 is 12.5 Å². The highest BCUT2D eigenvalue weighted by atomic mass is 35.5. The minimum Gasteiger partial charge on any atom is -0.387 e. The number of aliphatic hydroxyl groups is 1. The fraction of sp³-hybridized carbons (Fsp3) is 0.0714. The molecule has 0 radical (unpaired) electrons. The molecule has 0 unspecified atom stereocenters. The summed E-state index contributed by atoms with van der Waals surface area (Å²) in [7, 11) is 0. The number of carbonyl (C=O) groups is 1. The van der Waals surface area contributed by atoms with Gasteiger partial charge in [-0.2, -0.15) is 0 Å². The third-order valence-electron chi connectivity index (χ3n) is 2.61. The lowest BCUT2D eigenvalue weighted by Crippen LogP contribution is -2.15. The van der Waals surface area contributed by atoms with Crippen LogP contribution in [0.1, 0.15) is 0 Å². The first kappa shape index (κ1) is 15.1. The number of nitrogens with one attached hydrogen (secondary N) is 1. The molecular weight excluding hydrogens is 321 g/mol. The van der Waals surface area contributed by atoms with Crippen molar-refractivity contribution in [1.29, 1.82) is 0 Å². The molecule has 104 valence electrons. The lowest BCUT2D eigenvalue weighted by molar-refractivity contribution is -0.118. The Morgan fingerprint density at radius 3 is 2.10 bits per heavy atom. The summed E-state index contributed by atoms with van der Waals surface area (Å²) in [6.45, 7) is -0.559. The molecule has 0 bridgehead atoms. The van der Waals surface area contributed by atoms with Gasteiger partial charge < -0.3 is 10.4 Å². The van der Waals surface area contributed by atoms with Crippen LogP contribution in [-0.4, -0.2) is 17.6 Å². The SMILES string of the molecule is O=C(CO)Nc1ccc(-c2c(Cl)cc(Cl)cc2Cl)cc1. The maximum Gasteiger partial charge on any atom is 0.250 e. The number of benzene rings is 2. The normalized spacial score (nSPS) is 10.4. The highest BCUT2D eigenvalue weighted by Crippen LogP contribution is 2.37. The van der Waals surface area contributed by atoms with E-state index in [0.717, 1.165) is 5.56 Å². The third kappa shape index (κ3) is 3.44. The van der Waals surface area contributed by atoms with Gasteiger partial charge in [0.15, 0.2) is 0 Å². The van der Waals surface area contributed by atoms with Gasteiger partial charge in [-0.25, -0.2) is 0 Å². The van der Waals surface area contributed by atoms with Gasteiger partial charge in [0, 0.05) is 16.3 Å². The molecule has 2 aromatic carbocycles. The van der Waals surface area contributed by atoms with Crippen LogP contribution in [0, 0.1) is 0 Å². The van der Waals surface area contributed by atoms with Crippen LogP contribution in [-0.2, 0) is 4.79 Å². The van der Waals surface area contributed by atoms with Crippen LogP contribution in [0.3, 0.4) is 0 Å². The van der Waals surface area contributed by atoms with Crippen molar-refractivity contribution in [3.8, 4) is 11.1 Å². The summed E-state index contributed by atoms with van der Waals surface area (Å²) < 4.78 is 0. The smallest absolute Gasteiger partial charge is 0.250 e. The average Bonchev–Trinajstić information content (AvgIpc) is 2.39. The summed E-state index contributed by atoms with van der Waals surface area (Å²) in [5.41, 5.74) is 2.06. The van der Waals surface area contributed by atoms with Crippen molar-refractivity contribution in [3.05, 3.63) is 51.5 Å². The van der Waals surface area contributed by atoms with Gasteiger partial charge in [0.2, 0.25) is 5.91 Å². The molecule has 2 rings (SSSR count). The first-order valence-corrected chi connectivity index (χ1v) is 6.80. The third-order valence-corrected chi connectivity index (χ3v) is 3.42. The fourth-order valence-electron chi connectivity index (χ4n) is 1.74. The highest BCUT2D eigenvalue weighted by Gasteiger charge is 2.10. The van der Waals surface area contributed by atoms with E-state index >= 15 is 0 Å². The van der Waals surface area contributed by atoms with E-state index in [0.29, 0.717) is 26.3 Å². The van der Waals surface area contributed by atoms with Gasteiger partial charge in [-0.15, -0.1) is 0 Å². The molecule has 0 saturated heterocycles. The molecule has 0 aromatic heterocycles. The van der Waals surface area contributed by atoms with Gasteiger partial charge in [0.05, 0.1) is 10.0 Å². The highest BCUT2D eigenvalue weighted by molar-refractivity contribution is 6.41. The molecule has 0 aliphatic heterocycles. The van der Waals surface area contributed by atoms with Crippen LogP contribution in [0.15, 0.2) is 36.4 Å². The van der Waals surface area contributed by atoms with E-state index in [-0.39, 0.29) is 0 Å². The summed E-state index contributed by atoms with van der Waals surface area (Å²) in [6, 6.07) is 10.2. The minimum atomic E-state index is -0.559. The second kappa shape index (κ2) is 6.46. The number of rotatable bonds is 3. The predicted octanol–water partition coefficient (Wildman–Crippen LogP) is 4.24. The molecule has 1 amide bonds. The Morgan fingerprint density at radius 1 is 1.05 bits per heavy atom. The van der Waals surface area contributed by atoms with E-state index in [4.69, 9.17) is 39.9 Å². The van der Waals surface area contributed by atoms with Crippen molar-refractivity contribution >= 4 is 46.4 Å². The van der Waals surface area contributed by atoms with E-state index in [1.807, 2.05) is 0 Å². The maximum atomic E-state index is 11.1. The maximum absolute atomic E-state index is 11.1. The number of carbonyl (C=O) groups excluding carboxylic acids is 1. The number of aliphatic hydroxyl groups excluding tert-OH is 1. The first-order chi connectivity index (χ1) is 9.51. The van der Waals surface area contributed by atoms with Crippen molar-refractivity contribution in [1.82, 2.24) is 0 Å². The Hall–Kier alpha value is -1.26. The average molecular weight is 331 g/mol. The van der Waals surface area contributed by atoms with E-state index in [2.05, 4.69) is 5.32 Å². The largest absolute Gasteiger partial charge is 0.387 e. The molecule has 3 nitrogen and oxygen atoms in total. The Balaban J connectivity index is 2.33. The Bertz CT molecular complexity index is 618. The van der Waals surface area contributed by atoms with Crippen molar-refractivity contribution < 1.29 is 9.90 Å². The number of amides is 1. The zero-order chi connectivity index (χ0) is 14.7. The molecule has 2 aromatic rings. The van der Waals surface area contributed by atoms with E-state index in [9.17, 15) is 4.79 Å². The molecule has 0 aliphatic rings. The van der Waals surface area contributed by atoms with Crippen LogP contribution in [0.2, 0.25) is 15.1 Å². The van der Waals surface area contributed by atoms with Crippen LogP contribution >= 0.6 is 34.8 Å². The van der Waals surface area contributed by atoms with Crippen LogP contribution in [0.25, 0.3) is 11.1 Å². The van der Waals surface area contributed by atoms with Crippen LogP contribution in [0.5, 0.6) is 0 Å². The molecule has 0 saturated carbocycles. The number of hydrogen-bond donors (Lipinski definition) is 2. The predicted molar refractivity (Wildman–Crippen MR) is 82.6 cm³/mol. The number of halogens is 3. The Morgan fingerprint density at radius 2 is 1.60 bits per heavy atom. The minimum absolute atomic E-state index is 0.453. The van der Waals surface area contributed by atoms with Crippen molar-refractivity contribution in [2.45, 2.75) is 0 Å². The molecule has 0 spiro atoms. The van der Waals surface area contributed by atoms with Gasteiger partial charge in [-0.05, 0) is 29.8 Å². The molecule has 0 atom stereocenters. The molecule has 2 N–H and O–H groups in total. The van der Waals surface area contributed by atoms with Gasteiger partial charge in [0.1, 0.15) is 6.61 Å². The van der Waals surface area contributed by atoms with Gasteiger partial charge in [-0.3, -0.25) is 4.79 Å². The van der Waals surface area contributed by atoms with Gasteiger partial charge in [-0.1, -0.05) is 46.9 Å². The van der Waals surface area contributed by atoms with Gasteiger partial charge >= 0.3 is 0 Å². The second-order valence-electron chi connectivity index (χ2n) is 4.03. The molecule has 6 heteroatoms. The summed E-state index contributed by atoms with van der Waals surface area (Å²) >= 11 is 18.2. The summed E-state index contributed by atoms with van der Waals surface area (Å²) in [4.78, 5) is 11.1. The first-order valence-electron chi connectivity index (χ1n) is 5.67. The number of hydrogen-bond acceptors (Lipinski definition) is 2. The summed E-state index contributed by atoms with van der Waals surface area (Å²) in [5.74, 6) is -0.472. The molecule has 0 aliphatic carbocycles. The van der Waals surface area contributed by atoms with E-state index in [1.54, 1.807) is 36.4 Å². The van der Waals surface area contributed by atoms with Gasteiger partial charge in [0.25, 0.3) is 0 Å². The topological polar surface area (TPSA) is 49.3 Å². The van der Waals surface area contributed by atoms with Crippen LogP contribution < -0.4 is 5.32 Å². The summed E-state index contributed by atoms with van der Waals surface area (Å²) in [6.07, 6.45) is 0.